The van der Waals surface area contributed by atoms with Gasteiger partial charge in [-0.2, -0.15) is 4.31 Å². The first-order valence-electron chi connectivity index (χ1n) is 11.5. The molecule has 4 rings (SSSR count). The van der Waals surface area contributed by atoms with Crippen LogP contribution in [0.3, 0.4) is 0 Å². The zero-order valence-electron chi connectivity index (χ0n) is 19.8. The van der Waals surface area contributed by atoms with Crippen molar-refractivity contribution in [1.82, 2.24) is 9.21 Å². The Morgan fingerprint density at radius 3 is 2.53 bits per heavy atom. The summed E-state index contributed by atoms with van der Waals surface area (Å²) < 4.78 is 42.5. The molecule has 2 aromatic rings. The molecule has 0 atom stereocenters. The second-order valence-electron chi connectivity index (χ2n) is 10.3. The fraction of sp³-hybridized carbons (Fsp3) is 0.480. The normalized spacial score (nSPS) is 20.5. The van der Waals surface area contributed by atoms with E-state index in [4.69, 9.17) is 11.6 Å². The van der Waals surface area contributed by atoms with Gasteiger partial charge in [0, 0.05) is 17.1 Å². The van der Waals surface area contributed by atoms with Gasteiger partial charge in [0.1, 0.15) is 5.82 Å². The fourth-order valence-corrected chi connectivity index (χ4v) is 7.59. The second kappa shape index (κ2) is 9.22. The van der Waals surface area contributed by atoms with Gasteiger partial charge < -0.3 is 5.32 Å². The third-order valence-corrected chi connectivity index (χ3v) is 9.31. The minimum absolute atomic E-state index is 0.134. The lowest BCUT2D eigenvalue weighted by molar-refractivity contribution is -0.117. The predicted octanol–water partition coefficient (Wildman–Crippen LogP) is 4.68. The Morgan fingerprint density at radius 2 is 1.85 bits per heavy atom. The van der Waals surface area contributed by atoms with E-state index in [0.717, 1.165) is 24.8 Å². The average Bonchev–Trinajstić information content (AvgIpc) is 3.03. The Kier molecular flexibility index (Phi) is 6.81. The highest BCUT2D eigenvalue weighted by molar-refractivity contribution is 7.89. The number of carbonyl (C=O) groups is 1. The van der Waals surface area contributed by atoms with Crippen molar-refractivity contribution < 1.29 is 17.6 Å². The maximum Gasteiger partial charge on any atom is 0.243 e. The molecule has 1 N–H and O–H groups in total. The number of sulfonamides is 1. The lowest BCUT2D eigenvalue weighted by Gasteiger charge is -2.39. The zero-order chi connectivity index (χ0) is 24.7. The molecule has 0 radical (unpaired) electrons. The zero-order valence-corrected chi connectivity index (χ0v) is 21.3. The number of nitrogens with zero attached hydrogens (tertiary/aromatic N) is 2. The third kappa shape index (κ3) is 5.15. The first-order chi connectivity index (χ1) is 15.9. The van der Waals surface area contributed by atoms with Crippen LogP contribution in [0.15, 0.2) is 47.4 Å². The van der Waals surface area contributed by atoms with Crippen LogP contribution in [0.2, 0.25) is 5.02 Å². The molecule has 34 heavy (non-hydrogen) atoms. The van der Waals surface area contributed by atoms with Gasteiger partial charge in [0.05, 0.1) is 17.1 Å². The summed E-state index contributed by atoms with van der Waals surface area (Å²) in [6.45, 7) is 7.79. The Morgan fingerprint density at radius 1 is 1.15 bits per heavy atom. The number of amides is 1. The molecule has 2 aliphatic rings. The van der Waals surface area contributed by atoms with Crippen LogP contribution in [0.5, 0.6) is 0 Å². The van der Waals surface area contributed by atoms with Crippen molar-refractivity contribution in [3.63, 3.8) is 0 Å². The van der Waals surface area contributed by atoms with Gasteiger partial charge in [-0.15, -0.1) is 0 Å². The first-order valence-corrected chi connectivity index (χ1v) is 13.3. The fourth-order valence-electron chi connectivity index (χ4n) is 5.39. The van der Waals surface area contributed by atoms with Crippen molar-refractivity contribution >= 4 is 33.2 Å². The standard InChI is InChI=1S/C25H31ClFN3O3S/c1-18-7-8-21(27)22(13-18)28-23(31)15-29-11-9-25(10-12-29)16-24(2,3)30(17-25)34(32,33)20-6-4-5-19(26)14-20/h4-8,13-14H,9-12,15-17H2,1-3H3,(H,28,31). The molecule has 6 nitrogen and oxygen atoms in total. The van der Waals surface area contributed by atoms with Crippen molar-refractivity contribution in [3.05, 3.63) is 58.9 Å². The molecule has 1 amide bonds. The summed E-state index contributed by atoms with van der Waals surface area (Å²) in [5.41, 5.74) is 0.407. The lowest BCUT2D eigenvalue weighted by Crippen LogP contribution is -2.45. The van der Waals surface area contributed by atoms with E-state index in [9.17, 15) is 17.6 Å². The molecule has 0 unspecified atom stereocenters. The molecule has 2 aliphatic heterocycles. The SMILES string of the molecule is Cc1ccc(F)c(NC(=O)CN2CCC3(CC2)CN(S(=O)(=O)c2cccc(Cl)c2)C(C)(C)C3)c1. The van der Waals surface area contributed by atoms with Crippen molar-refractivity contribution in [2.45, 2.75) is 50.5 Å². The second-order valence-corrected chi connectivity index (χ2v) is 12.6. The van der Waals surface area contributed by atoms with Gasteiger partial charge in [-0.05, 0) is 94.4 Å². The number of anilines is 1. The van der Waals surface area contributed by atoms with Crippen LogP contribution >= 0.6 is 11.6 Å². The number of piperidine rings is 1. The van der Waals surface area contributed by atoms with E-state index >= 15 is 0 Å². The summed E-state index contributed by atoms with van der Waals surface area (Å²) >= 11 is 6.05. The number of benzene rings is 2. The molecule has 2 saturated heterocycles. The van der Waals surface area contributed by atoms with Crippen LogP contribution in [-0.2, 0) is 14.8 Å². The summed E-state index contributed by atoms with van der Waals surface area (Å²) in [6, 6.07) is 11.0. The summed E-state index contributed by atoms with van der Waals surface area (Å²) in [6.07, 6.45) is 2.35. The van der Waals surface area contributed by atoms with Crippen LogP contribution in [0, 0.1) is 18.2 Å². The number of aryl methyl sites for hydroxylation is 1. The Bertz CT molecular complexity index is 1190. The molecule has 2 aromatic carbocycles. The van der Waals surface area contributed by atoms with E-state index in [2.05, 4.69) is 10.2 Å². The number of halogens is 2. The quantitative estimate of drug-likeness (QED) is 0.638. The van der Waals surface area contributed by atoms with E-state index in [1.807, 2.05) is 20.8 Å². The summed E-state index contributed by atoms with van der Waals surface area (Å²) in [7, 11) is -3.68. The molecular formula is C25H31ClFN3O3S. The Labute approximate surface area is 206 Å². The minimum Gasteiger partial charge on any atom is -0.322 e. The highest BCUT2D eigenvalue weighted by Gasteiger charge is 2.53. The molecule has 9 heteroatoms. The number of hydrogen-bond acceptors (Lipinski definition) is 4. The van der Waals surface area contributed by atoms with E-state index < -0.39 is 21.4 Å². The van der Waals surface area contributed by atoms with E-state index in [1.165, 1.54) is 12.1 Å². The predicted molar refractivity (Wildman–Crippen MR) is 132 cm³/mol. The number of carbonyl (C=O) groups excluding carboxylic acids is 1. The van der Waals surface area contributed by atoms with Gasteiger partial charge in [0.15, 0.2) is 0 Å². The Hall–Kier alpha value is -2.00. The number of hydrogen-bond donors (Lipinski definition) is 1. The summed E-state index contributed by atoms with van der Waals surface area (Å²) in [5, 5.41) is 3.06. The first kappa shape index (κ1) is 25.1. The van der Waals surface area contributed by atoms with Crippen molar-refractivity contribution in [2.24, 2.45) is 5.41 Å². The number of likely N-dealkylation sites (tertiary alicyclic amines) is 1. The monoisotopic (exact) mass is 507 g/mol. The van der Waals surface area contributed by atoms with Crippen molar-refractivity contribution in [1.29, 1.82) is 0 Å². The summed E-state index contributed by atoms with van der Waals surface area (Å²) in [4.78, 5) is 14.8. The van der Waals surface area contributed by atoms with Crippen LogP contribution in [0.1, 0.15) is 38.7 Å². The maximum atomic E-state index is 14.0. The molecular weight excluding hydrogens is 477 g/mol. The van der Waals surface area contributed by atoms with Crippen LogP contribution in [-0.4, -0.2) is 55.2 Å². The molecule has 0 saturated carbocycles. The van der Waals surface area contributed by atoms with Crippen molar-refractivity contribution in [3.8, 4) is 0 Å². The van der Waals surface area contributed by atoms with Gasteiger partial charge in [0.2, 0.25) is 15.9 Å². The highest BCUT2D eigenvalue weighted by atomic mass is 35.5. The molecule has 184 valence electrons. The van der Waals surface area contributed by atoms with E-state index in [1.54, 1.807) is 34.6 Å². The van der Waals surface area contributed by atoms with Crippen molar-refractivity contribution in [2.75, 3.05) is 31.5 Å². The smallest absolute Gasteiger partial charge is 0.243 e. The lowest BCUT2D eigenvalue weighted by atomic mass is 9.74. The number of nitrogens with one attached hydrogen (secondary N) is 1. The summed E-state index contributed by atoms with van der Waals surface area (Å²) in [5.74, 6) is -0.705. The van der Waals surface area contributed by atoms with Gasteiger partial charge >= 0.3 is 0 Å². The third-order valence-electron chi connectivity index (χ3n) is 7.03. The van der Waals surface area contributed by atoms with E-state index in [0.29, 0.717) is 24.7 Å². The maximum absolute atomic E-state index is 14.0. The van der Waals surface area contributed by atoms with Gasteiger partial charge in [-0.25, -0.2) is 12.8 Å². The number of rotatable bonds is 5. The largest absolute Gasteiger partial charge is 0.322 e. The topological polar surface area (TPSA) is 69.7 Å². The molecule has 0 aromatic heterocycles. The average molecular weight is 508 g/mol. The molecule has 0 aliphatic carbocycles. The van der Waals surface area contributed by atoms with Crippen LogP contribution < -0.4 is 5.32 Å². The molecule has 2 fully saturated rings. The van der Waals surface area contributed by atoms with Gasteiger partial charge in [0.25, 0.3) is 0 Å². The Balaban J connectivity index is 1.40. The molecule has 1 spiro atoms. The van der Waals surface area contributed by atoms with Crippen LogP contribution in [0.4, 0.5) is 10.1 Å². The van der Waals surface area contributed by atoms with E-state index in [-0.39, 0.29) is 28.4 Å². The van der Waals surface area contributed by atoms with Crippen LogP contribution in [0.25, 0.3) is 0 Å². The molecule has 2 heterocycles. The van der Waals surface area contributed by atoms with Gasteiger partial charge in [-0.3, -0.25) is 9.69 Å². The molecule has 0 bridgehead atoms. The van der Waals surface area contributed by atoms with Gasteiger partial charge in [-0.1, -0.05) is 23.7 Å². The highest BCUT2D eigenvalue weighted by Crippen LogP contribution is 2.49. The minimum atomic E-state index is -3.68.